The van der Waals surface area contributed by atoms with E-state index in [1.54, 1.807) is 0 Å². The van der Waals surface area contributed by atoms with E-state index in [0.717, 1.165) is 25.5 Å². The van der Waals surface area contributed by atoms with E-state index in [1.165, 1.54) is 0 Å². The van der Waals surface area contributed by atoms with Crippen molar-refractivity contribution in [1.82, 2.24) is 10.6 Å². The maximum absolute atomic E-state index is 4.48. The fraction of sp³-hybridized carbons (Fsp3) is 0.750. The van der Waals surface area contributed by atoms with E-state index in [1.807, 2.05) is 6.92 Å². The molecule has 0 saturated carbocycles. The van der Waals surface area contributed by atoms with Crippen LogP contribution in [-0.2, 0) is 0 Å². The Labute approximate surface area is 117 Å². The second kappa shape index (κ2) is 9.93. The summed E-state index contributed by atoms with van der Waals surface area (Å²) in [7, 11) is 0. The average molecular weight is 339 g/mol. The zero-order valence-corrected chi connectivity index (χ0v) is 13.5. The van der Waals surface area contributed by atoms with E-state index >= 15 is 0 Å². The normalized spacial score (nSPS) is 12.4. The van der Waals surface area contributed by atoms with Gasteiger partial charge >= 0.3 is 0 Å². The summed E-state index contributed by atoms with van der Waals surface area (Å²) in [5.41, 5.74) is 0.0571. The fourth-order valence-corrected chi connectivity index (χ4v) is 1.08. The van der Waals surface area contributed by atoms with Gasteiger partial charge in [0.1, 0.15) is 0 Å². The zero-order valence-electron chi connectivity index (χ0n) is 11.1. The molecule has 4 heteroatoms. The Balaban J connectivity index is 0. The smallest absolute Gasteiger partial charge is 0.191 e. The molecule has 0 rings (SSSR count). The van der Waals surface area contributed by atoms with Gasteiger partial charge in [0.25, 0.3) is 0 Å². The molecule has 0 saturated heterocycles. The molecule has 2 N–H and O–H groups in total. The van der Waals surface area contributed by atoms with Crippen LogP contribution in [0.4, 0.5) is 0 Å². The van der Waals surface area contributed by atoms with Gasteiger partial charge in [-0.15, -0.1) is 24.0 Å². The van der Waals surface area contributed by atoms with Crippen molar-refractivity contribution in [2.75, 3.05) is 13.1 Å². The molecule has 0 amide bonds. The summed E-state index contributed by atoms with van der Waals surface area (Å²) in [6, 6.07) is 0. The minimum absolute atomic E-state index is 0. The van der Waals surface area contributed by atoms with Crippen molar-refractivity contribution in [3.05, 3.63) is 12.2 Å². The van der Waals surface area contributed by atoms with Crippen molar-refractivity contribution in [3.8, 4) is 0 Å². The third kappa shape index (κ3) is 11.8. The van der Waals surface area contributed by atoms with Gasteiger partial charge in [-0.3, -0.25) is 4.99 Å². The van der Waals surface area contributed by atoms with Crippen molar-refractivity contribution in [3.63, 3.8) is 0 Å². The van der Waals surface area contributed by atoms with E-state index in [4.69, 9.17) is 0 Å². The van der Waals surface area contributed by atoms with Crippen LogP contribution in [0.2, 0.25) is 0 Å². The molecule has 0 aromatic carbocycles. The highest BCUT2D eigenvalue weighted by Gasteiger charge is 2.10. The Morgan fingerprint density at radius 1 is 1.31 bits per heavy atom. The molecule has 0 bridgehead atoms. The first-order valence-corrected chi connectivity index (χ1v) is 5.67. The Kier molecular flexibility index (Phi) is 11.2. The fourth-order valence-electron chi connectivity index (χ4n) is 1.08. The molecule has 0 aromatic rings. The second-order valence-corrected chi connectivity index (χ2v) is 4.49. The van der Waals surface area contributed by atoms with Gasteiger partial charge in [-0.1, -0.05) is 12.2 Å². The van der Waals surface area contributed by atoms with Crippen LogP contribution in [0, 0.1) is 0 Å². The topological polar surface area (TPSA) is 36.4 Å². The minimum Gasteiger partial charge on any atom is -0.357 e. The Morgan fingerprint density at radius 3 is 2.38 bits per heavy atom. The Hall–Kier alpha value is -0.260. The highest BCUT2D eigenvalue weighted by Crippen LogP contribution is 1.98. The van der Waals surface area contributed by atoms with Crippen LogP contribution in [-0.4, -0.2) is 24.6 Å². The number of allylic oxidation sites excluding steroid dienone is 1. The lowest BCUT2D eigenvalue weighted by Gasteiger charge is -2.23. The van der Waals surface area contributed by atoms with Gasteiger partial charge in [0.15, 0.2) is 5.96 Å². The van der Waals surface area contributed by atoms with Gasteiger partial charge < -0.3 is 10.6 Å². The first-order chi connectivity index (χ1) is 6.99. The monoisotopic (exact) mass is 339 g/mol. The summed E-state index contributed by atoms with van der Waals surface area (Å²) in [5.74, 6) is 0.898. The van der Waals surface area contributed by atoms with Gasteiger partial charge in [0.2, 0.25) is 0 Å². The Morgan fingerprint density at radius 2 is 1.94 bits per heavy atom. The van der Waals surface area contributed by atoms with Crippen molar-refractivity contribution >= 4 is 29.9 Å². The van der Waals surface area contributed by atoms with Gasteiger partial charge in [-0.2, -0.15) is 0 Å². The summed E-state index contributed by atoms with van der Waals surface area (Å²) >= 11 is 0. The SMILES string of the molecule is C/C=C/CCN=C(NCC)NC(C)(C)C.I. The number of hydrogen-bond donors (Lipinski definition) is 2. The molecule has 96 valence electrons. The van der Waals surface area contributed by atoms with Gasteiger partial charge in [0, 0.05) is 18.6 Å². The molecular formula is C12H26IN3. The van der Waals surface area contributed by atoms with Crippen LogP contribution >= 0.6 is 24.0 Å². The number of halogens is 1. The number of aliphatic imine (C=N–C) groups is 1. The van der Waals surface area contributed by atoms with E-state index < -0.39 is 0 Å². The lowest BCUT2D eigenvalue weighted by Crippen LogP contribution is -2.47. The van der Waals surface area contributed by atoms with E-state index in [9.17, 15) is 0 Å². The zero-order chi connectivity index (χ0) is 11.7. The second-order valence-electron chi connectivity index (χ2n) is 4.49. The molecule has 0 radical (unpaired) electrons. The van der Waals surface area contributed by atoms with Gasteiger partial charge in [-0.25, -0.2) is 0 Å². The van der Waals surface area contributed by atoms with Crippen molar-refractivity contribution in [1.29, 1.82) is 0 Å². The highest BCUT2D eigenvalue weighted by molar-refractivity contribution is 14.0. The molecule has 0 fully saturated rings. The molecule has 0 aliphatic carbocycles. The predicted octanol–water partition coefficient (Wildman–Crippen LogP) is 2.92. The van der Waals surface area contributed by atoms with E-state index in [2.05, 4.69) is 55.5 Å². The number of nitrogens with one attached hydrogen (secondary N) is 2. The molecule has 0 atom stereocenters. The minimum atomic E-state index is 0. The van der Waals surface area contributed by atoms with Gasteiger partial charge in [0.05, 0.1) is 0 Å². The summed E-state index contributed by atoms with van der Waals surface area (Å²) in [6.45, 7) is 12.2. The number of guanidine groups is 1. The lowest BCUT2D eigenvalue weighted by atomic mass is 10.1. The van der Waals surface area contributed by atoms with Crippen molar-refractivity contribution in [2.45, 2.75) is 46.6 Å². The average Bonchev–Trinajstić information content (AvgIpc) is 2.10. The maximum Gasteiger partial charge on any atom is 0.191 e. The number of hydrogen-bond acceptors (Lipinski definition) is 1. The quantitative estimate of drug-likeness (QED) is 0.272. The van der Waals surface area contributed by atoms with Crippen molar-refractivity contribution < 1.29 is 0 Å². The molecule has 0 aromatic heterocycles. The van der Waals surface area contributed by atoms with Crippen molar-refractivity contribution in [2.24, 2.45) is 4.99 Å². The maximum atomic E-state index is 4.48. The van der Waals surface area contributed by atoms with Gasteiger partial charge in [-0.05, 0) is 41.0 Å². The lowest BCUT2D eigenvalue weighted by molar-refractivity contribution is 0.501. The largest absolute Gasteiger partial charge is 0.357 e. The van der Waals surface area contributed by atoms with Crippen LogP contribution in [0.25, 0.3) is 0 Å². The summed E-state index contributed by atoms with van der Waals surface area (Å²) < 4.78 is 0. The van der Waals surface area contributed by atoms with Crippen LogP contribution in [0.3, 0.4) is 0 Å². The molecule has 0 heterocycles. The predicted molar refractivity (Wildman–Crippen MR) is 83.7 cm³/mol. The molecule has 0 spiro atoms. The third-order valence-corrected chi connectivity index (χ3v) is 1.64. The van der Waals surface area contributed by atoms with E-state index in [-0.39, 0.29) is 29.5 Å². The molecule has 0 aliphatic heterocycles. The van der Waals surface area contributed by atoms with Crippen LogP contribution < -0.4 is 10.6 Å². The number of nitrogens with zero attached hydrogens (tertiary/aromatic N) is 1. The Bertz CT molecular complexity index is 217. The third-order valence-electron chi connectivity index (χ3n) is 1.64. The highest BCUT2D eigenvalue weighted by atomic mass is 127. The molecule has 0 unspecified atom stereocenters. The molecular weight excluding hydrogens is 313 g/mol. The molecule has 16 heavy (non-hydrogen) atoms. The van der Waals surface area contributed by atoms with Crippen LogP contribution in [0.5, 0.6) is 0 Å². The summed E-state index contributed by atoms with van der Waals surface area (Å²) in [4.78, 5) is 4.48. The first kappa shape index (κ1) is 18.1. The summed E-state index contributed by atoms with van der Waals surface area (Å²) in [5, 5.41) is 6.58. The molecule has 3 nitrogen and oxygen atoms in total. The molecule has 0 aliphatic rings. The standard InChI is InChI=1S/C12H25N3.HI/c1-6-8-9-10-14-11(13-7-2)15-12(3,4)5;/h6,8H,7,9-10H2,1-5H3,(H2,13,14,15);1H/b8-6+;. The number of rotatable bonds is 4. The first-order valence-electron chi connectivity index (χ1n) is 5.67. The van der Waals surface area contributed by atoms with Crippen LogP contribution in [0.15, 0.2) is 17.1 Å². The van der Waals surface area contributed by atoms with Crippen LogP contribution in [0.1, 0.15) is 41.0 Å². The van der Waals surface area contributed by atoms with E-state index in [0.29, 0.717) is 0 Å². The summed E-state index contributed by atoms with van der Waals surface area (Å²) in [6.07, 6.45) is 5.18.